The van der Waals surface area contributed by atoms with Gasteiger partial charge >= 0.3 is 0 Å². The van der Waals surface area contributed by atoms with Gasteiger partial charge in [-0.1, -0.05) is 43.2 Å². The van der Waals surface area contributed by atoms with Crippen LogP contribution in [0.1, 0.15) is 31.2 Å². The molecule has 3 N–H and O–H groups in total. The molecule has 0 atom stereocenters. The zero-order chi connectivity index (χ0) is 16.4. The van der Waals surface area contributed by atoms with Crippen molar-refractivity contribution in [1.82, 2.24) is 4.98 Å². The summed E-state index contributed by atoms with van der Waals surface area (Å²) in [6, 6.07) is 17.6. The maximum atomic E-state index is 9.32. The van der Waals surface area contributed by atoms with E-state index in [0.29, 0.717) is 12.5 Å². The summed E-state index contributed by atoms with van der Waals surface area (Å²) < 4.78 is 0. The number of nitrogens with one attached hydrogen (secondary N) is 2. The van der Waals surface area contributed by atoms with E-state index in [0.717, 1.165) is 5.69 Å². The van der Waals surface area contributed by atoms with Crippen LogP contribution in [0.5, 0.6) is 0 Å². The Morgan fingerprint density at radius 2 is 1.83 bits per heavy atom. The Hall–Kier alpha value is -2.26. The summed E-state index contributed by atoms with van der Waals surface area (Å²) in [6.45, 7) is 0.185. The number of hydrogen-bond acceptors (Lipinski definition) is 2. The molecule has 1 aliphatic carbocycles. The third kappa shape index (κ3) is 3.04. The largest absolute Gasteiger partial charge is 0.396 e. The molecule has 0 aliphatic heterocycles. The van der Waals surface area contributed by atoms with Crippen molar-refractivity contribution in [2.45, 2.75) is 38.1 Å². The lowest BCUT2D eigenvalue weighted by atomic mass is 10.1. The maximum Gasteiger partial charge on any atom is 0.0694 e. The number of benzene rings is 2. The second-order valence-electron chi connectivity index (χ2n) is 6.76. The van der Waals surface area contributed by atoms with Gasteiger partial charge < -0.3 is 15.4 Å². The third-order valence-corrected chi connectivity index (χ3v) is 4.99. The molecule has 1 heterocycles. The highest BCUT2D eigenvalue weighted by Crippen LogP contribution is 2.32. The molecule has 0 unspecified atom stereocenters. The van der Waals surface area contributed by atoms with Crippen LogP contribution in [0, 0.1) is 0 Å². The SMILES string of the molecule is OCCc1cc(NC2CCCC2)c2[nH]c(-c3ccccc3)cc2c1. The predicted octanol–water partition coefficient (Wildman–Crippen LogP) is 4.72. The van der Waals surface area contributed by atoms with Crippen LogP contribution < -0.4 is 5.32 Å². The Labute approximate surface area is 142 Å². The highest BCUT2D eigenvalue weighted by molar-refractivity contribution is 5.95. The summed E-state index contributed by atoms with van der Waals surface area (Å²) in [5.74, 6) is 0. The van der Waals surface area contributed by atoms with Gasteiger partial charge in [0.05, 0.1) is 11.2 Å². The van der Waals surface area contributed by atoms with Gasteiger partial charge in [-0.05, 0) is 48.6 Å². The summed E-state index contributed by atoms with van der Waals surface area (Å²) in [5, 5.41) is 14.3. The van der Waals surface area contributed by atoms with Crippen LogP contribution in [0.4, 0.5) is 5.69 Å². The smallest absolute Gasteiger partial charge is 0.0694 e. The number of anilines is 1. The average Bonchev–Trinajstić information content (AvgIpc) is 3.25. The first kappa shape index (κ1) is 15.3. The van der Waals surface area contributed by atoms with Crippen molar-refractivity contribution in [1.29, 1.82) is 0 Å². The number of aliphatic hydroxyl groups excluding tert-OH is 1. The van der Waals surface area contributed by atoms with E-state index in [1.54, 1.807) is 0 Å². The molecule has 1 fully saturated rings. The van der Waals surface area contributed by atoms with Crippen LogP contribution in [0.3, 0.4) is 0 Å². The summed E-state index contributed by atoms with van der Waals surface area (Å²) in [7, 11) is 0. The Morgan fingerprint density at radius 3 is 2.58 bits per heavy atom. The van der Waals surface area contributed by atoms with E-state index in [1.165, 1.54) is 53.4 Å². The molecule has 1 saturated carbocycles. The van der Waals surface area contributed by atoms with Gasteiger partial charge in [0.15, 0.2) is 0 Å². The molecule has 0 amide bonds. The fourth-order valence-corrected chi connectivity index (χ4v) is 3.76. The minimum atomic E-state index is 0.185. The number of aromatic nitrogens is 1. The van der Waals surface area contributed by atoms with Crippen molar-refractivity contribution in [3.8, 4) is 11.3 Å². The van der Waals surface area contributed by atoms with E-state index in [1.807, 2.05) is 6.07 Å². The van der Waals surface area contributed by atoms with Crippen LogP contribution in [0.2, 0.25) is 0 Å². The molecule has 1 aliphatic rings. The average molecular weight is 320 g/mol. The topological polar surface area (TPSA) is 48.0 Å². The predicted molar refractivity (Wildman–Crippen MR) is 100 cm³/mol. The number of aliphatic hydroxyl groups is 1. The van der Waals surface area contributed by atoms with Gasteiger partial charge in [-0.15, -0.1) is 0 Å². The molecule has 0 spiro atoms. The first-order valence-corrected chi connectivity index (χ1v) is 8.92. The quantitative estimate of drug-likeness (QED) is 0.637. The molecule has 2 aromatic carbocycles. The lowest BCUT2D eigenvalue weighted by Crippen LogP contribution is -2.15. The first-order chi connectivity index (χ1) is 11.8. The molecule has 124 valence electrons. The van der Waals surface area contributed by atoms with Crippen LogP contribution >= 0.6 is 0 Å². The summed E-state index contributed by atoms with van der Waals surface area (Å²) in [5.41, 5.74) is 5.86. The van der Waals surface area contributed by atoms with Crippen LogP contribution in [0.15, 0.2) is 48.5 Å². The monoisotopic (exact) mass is 320 g/mol. The van der Waals surface area contributed by atoms with Crippen LogP contribution in [-0.2, 0) is 6.42 Å². The van der Waals surface area contributed by atoms with Gasteiger partial charge in [0.1, 0.15) is 0 Å². The highest BCUT2D eigenvalue weighted by Gasteiger charge is 2.17. The normalized spacial score (nSPS) is 15.2. The number of aromatic amines is 1. The second kappa shape index (κ2) is 6.70. The maximum absolute atomic E-state index is 9.32. The number of rotatable bonds is 5. The molecule has 0 bridgehead atoms. The second-order valence-corrected chi connectivity index (χ2v) is 6.76. The van der Waals surface area contributed by atoms with E-state index in [4.69, 9.17) is 0 Å². The summed E-state index contributed by atoms with van der Waals surface area (Å²) in [6.07, 6.45) is 5.82. The molecule has 3 aromatic rings. The number of H-pyrrole nitrogens is 1. The van der Waals surface area contributed by atoms with Crippen molar-refractivity contribution in [2.24, 2.45) is 0 Å². The minimum absolute atomic E-state index is 0.185. The van der Waals surface area contributed by atoms with Gasteiger partial charge in [0.25, 0.3) is 0 Å². The first-order valence-electron chi connectivity index (χ1n) is 8.92. The Morgan fingerprint density at radius 1 is 1.04 bits per heavy atom. The van der Waals surface area contributed by atoms with E-state index in [-0.39, 0.29) is 6.61 Å². The molecule has 3 nitrogen and oxygen atoms in total. The Kier molecular flexibility index (Phi) is 4.26. The fraction of sp³-hybridized carbons (Fsp3) is 0.333. The number of fused-ring (bicyclic) bond motifs is 1. The van der Waals surface area contributed by atoms with E-state index in [9.17, 15) is 5.11 Å². The Bertz CT molecular complexity index is 816. The van der Waals surface area contributed by atoms with Gasteiger partial charge in [-0.25, -0.2) is 0 Å². The molecular formula is C21H24N2O. The Balaban J connectivity index is 1.77. The molecule has 4 rings (SSSR count). The van der Waals surface area contributed by atoms with Crippen molar-refractivity contribution in [3.05, 3.63) is 54.1 Å². The minimum Gasteiger partial charge on any atom is -0.396 e. The van der Waals surface area contributed by atoms with Gasteiger partial charge in [-0.2, -0.15) is 0 Å². The lowest BCUT2D eigenvalue weighted by molar-refractivity contribution is 0.299. The van der Waals surface area contributed by atoms with Crippen molar-refractivity contribution >= 4 is 16.6 Å². The van der Waals surface area contributed by atoms with Crippen molar-refractivity contribution < 1.29 is 5.11 Å². The van der Waals surface area contributed by atoms with Crippen LogP contribution in [-0.4, -0.2) is 22.7 Å². The molecule has 0 saturated heterocycles. The molecule has 24 heavy (non-hydrogen) atoms. The van der Waals surface area contributed by atoms with Gasteiger partial charge in [0, 0.05) is 23.7 Å². The molecule has 0 radical (unpaired) electrons. The number of hydrogen-bond donors (Lipinski definition) is 3. The summed E-state index contributed by atoms with van der Waals surface area (Å²) in [4.78, 5) is 3.60. The van der Waals surface area contributed by atoms with Crippen molar-refractivity contribution in [3.63, 3.8) is 0 Å². The fourth-order valence-electron chi connectivity index (χ4n) is 3.76. The van der Waals surface area contributed by atoms with Gasteiger partial charge in [-0.3, -0.25) is 0 Å². The standard InChI is InChI=1S/C21H24N2O/c24-11-10-15-12-17-14-19(16-6-2-1-3-7-16)23-21(17)20(13-15)22-18-8-4-5-9-18/h1-3,6-7,12-14,18,22-24H,4-5,8-11H2. The zero-order valence-corrected chi connectivity index (χ0v) is 13.9. The highest BCUT2D eigenvalue weighted by atomic mass is 16.2. The van der Waals surface area contributed by atoms with E-state index in [2.05, 4.69) is 52.8 Å². The van der Waals surface area contributed by atoms with Gasteiger partial charge in [0.2, 0.25) is 0 Å². The molecular weight excluding hydrogens is 296 g/mol. The molecule has 3 heteroatoms. The van der Waals surface area contributed by atoms with Crippen LogP contribution in [0.25, 0.3) is 22.2 Å². The van der Waals surface area contributed by atoms with Crippen molar-refractivity contribution in [2.75, 3.05) is 11.9 Å². The third-order valence-electron chi connectivity index (χ3n) is 4.99. The summed E-state index contributed by atoms with van der Waals surface area (Å²) >= 11 is 0. The van der Waals surface area contributed by atoms with E-state index < -0.39 is 0 Å². The lowest BCUT2D eigenvalue weighted by Gasteiger charge is -2.15. The van der Waals surface area contributed by atoms with E-state index >= 15 is 0 Å². The zero-order valence-electron chi connectivity index (χ0n) is 13.9. The molecule has 1 aromatic heterocycles.